The van der Waals surface area contributed by atoms with Crippen molar-refractivity contribution in [2.45, 2.75) is 12.5 Å². The maximum absolute atomic E-state index is 6.09. The SMILES string of the molecule is Cn1ccc(COc2c(Cl)cc(Cl)cc2CCl)n1. The van der Waals surface area contributed by atoms with Crippen molar-refractivity contribution in [3.05, 3.63) is 45.7 Å². The minimum atomic E-state index is 0.290. The minimum Gasteiger partial charge on any atom is -0.485 e. The molecule has 0 saturated heterocycles. The molecule has 0 aliphatic rings. The van der Waals surface area contributed by atoms with E-state index in [9.17, 15) is 0 Å². The molecule has 2 aromatic rings. The number of alkyl halides is 1. The molecular weight excluding hydrogens is 295 g/mol. The summed E-state index contributed by atoms with van der Waals surface area (Å²) in [6.45, 7) is 0.339. The first-order valence-corrected chi connectivity index (χ1v) is 6.54. The number of hydrogen-bond acceptors (Lipinski definition) is 2. The lowest BCUT2D eigenvalue weighted by atomic mass is 10.2. The van der Waals surface area contributed by atoms with Gasteiger partial charge < -0.3 is 4.74 Å². The van der Waals surface area contributed by atoms with Crippen LogP contribution in [0.25, 0.3) is 0 Å². The van der Waals surface area contributed by atoms with Gasteiger partial charge in [-0.1, -0.05) is 23.2 Å². The lowest BCUT2D eigenvalue weighted by molar-refractivity contribution is 0.298. The van der Waals surface area contributed by atoms with Crippen LogP contribution in [0.2, 0.25) is 10.0 Å². The van der Waals surface area contributed by atoms with Crippen molar-refractivity contribution in [2.24, 2.45) is 7.05 Å². The summed E-state index contributed by atoms with van der Waals surface area (Å²) in [6, 6.07) is 5.26. The van der Waals surface area contributed by atoms with Crippen LogP contribution in [0.4, 0.5) is 0 Å². The van der Waals surface area contributed by atoms with Crippen molar-refractivity contribution >= 4 is 34.8 Å². The smallest absolute Gasteiger partial charge is 0.142 e. The molecule has 0 spiro atoms. The number of rotatable bonds is 4. The average molecular weight is 306 g/mol. The molecule has 1 heterocycles. The zero-order valence-corrected chi connectivity index (χ0v) is 11.9. The molecule has 0 N–H and O–H groups in total. The largest absolute Gasteiger partial charge is 0.485 e. The second-order valence-electron chi connectivity index (χ2n) is 3.78. The van der Waals surface area contributed by atoms with Crippen LogP contribution >= 0.6 is 34.8 Å². The van der Waals surface area contributed by atoms with Crippen LogP contribution in [0.3, 0.4) is 0 Å². The van der Waals surface area contributed by atoms with Gasteiger partial charge in [-0.25, -0.2) is 0 Å². The van der Waals surface area contributed by atoms with E-state index in [2.05, 4.69) is 5.10 Å². The predicted molar refractivity (Wildman–Crippen MR) is 73.6 cm³/mol. The number of aryl methyl sites for hydroxylation is 1. The van der Waals surface area contributed by atoms with Crippen LogP contribution in [0.1, 0.15) is 11.3 Å². The van der Waals surface area contributed by atoms with Gasteiger partial charge in [0.1, 0.15) is 12.4 Å². The summed E-state index contributed by atoms with van der Waals surface area (Å²) in [4.78, 5) is 0. The number of nitrogens with zero attached hydrogens (tertiary/aromatic N) is 2. The third-order valence-electron chi connectivity index (χ3n) is 2.36. The zero-order chi connectivity index (χ0) is 13.1. The molecular formula is C12H11Cl3N2O. The highest BCUT2D eigenvalue weighted by atomic mass is 35.5. The Morgan fingerprint density at radius 2 is 2.11 bits per heavy atom. The first-order valence-electron chi connectivity index (χ1n) is 5.25. The first kappa shape index (κ1) is 13.5. The van der Waals surface area contributed by atoms with Gasteiger partial charge in [-0.05, 0) is 18.2 Å². The van der Waals surface area contributed by atoms with E-state index in [4.69, 9.17) is 39.5 Å². The molecule has 0 fully saturated rings. The fraction of sp³-hybridized carbons (Fsp3) is 0.250. The van der Waals surface area contributed by atoms with Crippen molar-refractivity contribution < 1.29 is 4.74 Å². The normalized spacial score (nSPS) is 10.7. The maximum Gasteiger partial charge on any atom is 0.142 e. The monoisotopic (exact) mass is 304 g/mol. The summed E-state index contributed by atoms with van der Waals surface area (Å²) in [6.07, 6.45) is 1.85. The summed E-state index contributed by atoms with van der Waals surface area (Å²) < 4.78 is 7.38. The molecule has 0 bridgehead atoms. The summed E-state index contributed by atoms with van der Waals surface area (Å²) >= 11 is 17.8. The van der Waals surface area contributed by atoms with Crippen LogP contribution in [0, 0.1) is 0 Å². The highest BCUT2D eigenvalue weighted by Gasteiger charge is 2.11. The molecule has 0 aliphatic heterocycles. The Kier molecular flexibility index (Phi) is 4.38. The van der Waals surface area contributed by atoms with Gasteiger partial charge >= 0.3 is 0 Å². The van der Waals surface area contributed by atoms with E-state index in [0.717, 1.165) is 11.3 Å². The number of hydrogen-bond donors (Lipinski definition) is 0. The molecule has 0 aliphatic carbocycles. The maximum atomic E-state index is 6.09. The molecule has 0 unspecified atom stereocenters. The number of ether oxygens (including phenoxy) is 1. The molecule has 1 aromatic heterocycles. The molecule has 1 aromatic carbocycles. The van der Waals surface area contributed by atoms with Crippen molar-refractivity contribution in [3.63, 3.8) is 0 Å². The Labute approximate surface area is 120 Å². The van der Waals surface area contributed by atoms with Crippen molar-refractivity contribution in [1.82, 2.24) is 9.78 Å². The number of benzene rings is 1. The second kappa shape index (κ2) is 5.83. The van der Waals surface area contributed by atoms with Gasteiger partial charge in [0.25, 0.3) is 0 Å². The summed E-state index contributed by atoms with van der Waals surface area (Å²) in [7, 11) is 1.85. The van der Waals surface area contributed by atoms with E-state index in [-0.39, 0.29) is 5.88 Å². The van der Waals surface area contributed by atoms with E-state index >= 15 is 0 Å². The Morgan fingerprint density at radius 1 is 1.33 bits per heavy atom. The average Bonchev–Trinajstić information content (AvgIpc) is 2.73. The van der Waals surface area contributed by atoms with E-state index in [1.807, 2.05) is 19.3 Å². The number of halogens is 3. The van der Waals surface area contributed by atoms with Crippen molar-refractivity contribution in [3.8, 4) is 5.75 Å². The zero-order valence-electron chi connectivity index (χ0n) is 9.66. The van der Waals surface area contributed by atoms with E-state index in [1.54, 1.807) is 16.8 Å². The first-order chi connectivity index (χ1) is 8.60. The van der Waals surface area contributed by atoms with Crippen LogP contribution in [0.15, 0.2) is 24.4 Å². The van der Waals surface area contributed by atoms with Gasteiger partial charge in [0, 0.05) is 23.8 Å². The molecule has 0 atom stereocenters. The predicted octanol–water partition coefficient (Wildman–Crippen LogP) is 4.04. The molecule has 96 valence electrons. The minimum absolute atomic E-state index is 0.290. The second-order valence-corrected chi connectivity index (χ2v) is 4.89. The summed E-state index contributed by atoms with van der Waals surface area (Å²) in [5.74, 6) is 0.847. The van der Waals surface area contributed by atoms with Gasteiger partial charge in [-0.15, -0.1) is 11.6 Å². The third kappa shape index (κ3) is 3.10. The summed E-state index contributed by atoms with van der Waals surface area (Å²) in [5.41, 5.74) is 1.59. The fourth-order valence-electron chi connectivity index (χ4n) is 1.56. The van der Waals surface area contributed by atoms with Gasteiger partial charge in [0.2, 0.25) is 0 Å². The molecule has 0 saturated carbocycles. The Morgan fingerprint density at radius 3 is 2.72 bits per heavy atom. The quantitative estimate of drug-likeness (QED) is 0.797. The molecule has 2 rings (SSSR count). The molecule has 3 nitrogen and oxygen atoms in total. The van der Waals surface area contributed by atoms with E-state index in [0.29, 0.717) is 22.4 Å². The lowest BCUT2D eigenvalue weighted by Crippen LogP contribution is -2.00. The Bertz CT molecular complexity index is 554. The van der Waals surface area contributed by atoms with Gasteiger partial charge in [-0.2, -0.15) is 5.10 Å². The standard InChI is InChI=1S/C12H11Cl3N2O/c1-17-3-2-10(16-17)7-18-12-8(6-13)4-9(14)5-11(12)15/h2-5H,6-7H2,1H3. The van der Waals surface area contributed by atoms with Gasteiger partial charge in [0.05, 0.1) is 16.6 Å². The summed E-state index contributed by atoms with van der Waals surface area (Å²) in [5, 5.41) is 5.21. The molecule has 0 radical (unpaired) electrons. The highest BCUT2D eigenvalue weighted by Crippen LogP contribution is 2.33. The number of aromatic nitrogens is 2. The lowest BCUT2D eigenvalue weighted by Gasteiger charge is -2.11. The van der Waals surface area contributed by atoms with E-state index in [1.165, 1.54) is 0 Å². The topological polar surface area (TPSA) is 27.1 Å². The molecule has 18 heavy (non-hydrogen) atoms. The van der Waals surface area contributed by atoms with Crippen LogP contribution in [0.5, 0.6) is 5.75 Å². The van der Waals surface area contributed by atoms with Crippen molar-refractivity contribution in [1.29, 1.82) is 0 Å². The van der Waals surface area contributed by atoms with E-state index < -0.39 is 0 Å². The Balaban J connectivity index is 2.18. The third-order valence-corrected chi connectivity index (χ3v) is 3.15. The van der Waals surface area contributed by atoms with Gasteiger partial charge in [0.15, 0.2) is 0 Å². The van der Waals surface area contributed by atoms with Crippen LogP contribution in [-0.4, -0.2) is 9.78 Å². The molecule has 6 heteroatoms. The highest BCUT2D eigenvalue weighted by molar-refractivity contribution is 6.35. The fourth-order valence-corrected chi connectivity index (χ4v) is 2.35. The van der Waals surface area contributed by atoms with Crippen LogP contribution in [-0.2, 0) is 19.5 Å². The molecule has 0 amide bonds. The Hall–Kier alpha value is -0.900. The van der Waals surface area contributed by atoms with Crippen LogP contribution < -0.4 is 4.74 Å². The van der Waals surface area contributed by atoms with Gasteiger partial charge in [-0.3, -0.25) is 4.68 Å². The van der Waals surface area contributed by atoms with Crippen molar-refractivity contribution in [2.75, 3.05) is 0 Å².